The lowest BCUT2D eigenvalue weighted by Gasteiger charge is -2.21. The zero-order chi connectivity index (χ0) is 75.8. The molecule has 0 aliphatic carbocycles. The summed E-state index contributed by atoms with van der Waals surface area (Å²) in [4.78, 5) is 68.8. The monoisotopic (exact) mass is 1440 g/mol. The number of nitrogens with two attached hydrogens (primary N) is 1. The second kappa shape index (κ2) is 37.3. The Hall–Kier alpha value is -12.2. The van der Waals surface area contributed by atoms with Crippen molar-refractivity contribution in [3.8, 4) is 60.0 Å². The number of anilines is 7. The lowest BCUT2D eigenvalue weighted by molar-refractivity contribution is -0.133. The van der Waals surface area contributed by atoms with Crippen LogP contribution in [0.3, 0.4) is 0 Å². The molecule has 4 aliphatic rings. The second-order valence-corrected chi connectivity index (χ2v) is 25.6. The summed E-state index contributed by atoms with van der Waals surface area (Å²) in [6.07, 6.45) is 24.0. The molecular weight excluding hydrogens is 1360 g/mol. The molecule has 0 saturated carbocycles. The summed E-state index contributed by atoms with van der Waals surface area (Å²) in [5.74, 6) is 13.3. The molecule has 4 saturated heterocycles. The highest BCUT2D eigenvalue weighted by atomic mass is 35.5. The van der Waals surface area contributed by atoms with Crippen LogP contribution in [-0.2, 0) is 22.4 Å². The fourth-order valence-corrected chi connectivity index (χ4v) is 13.1. The Bertz CT molecular complexity index is 5050. The van der Waals surface area contributed by atoms with Gasteiger partial charge in [0.25, 0.3) is 0 Å². The summed E-state index contributed by atoms with van der Waals surface area (Å²) in [5, 5.41) is 15.7. The van der Waals surface area contributed by atoms with Crippen LogP contribution in [0.4, 0.5) is 49.4 Å². The van der Waals surface area contributed by atoms with Crippen molar-refractivity contribution in [3.63, 3.8) is 0 Å². The third kappa shape index (κ3) is 20.1. The molecule has 4 aliphatic heterocycles. The maximum Gasteiger partial charge on any atom is 0.409 e. The van der Waals surface area contributed by atoms with Crippen LogP contribution >= 0.6 is 11.6 Å². The highest BCUT2D eigenvalue weighted by molar-refractivity contribution is 6.61. The Morgan fingerprint density at radius 1 is 0.575 bits per heavy atom. The smallest absolute Gasteiger partial charge is 0.409 e. The third-order valence-electron chi connectivity index (χ3n) is 18.5. The molecule has 21 nitrogen and oxygen atoms in total. The zero-order valence-corrected chi connectivity index (χ0v) is 60.2. The molecule has 15 rings (SSSR count). The Morgan fingerprint density at radius 3 is 1.52 bits per heavy atom. The van der Waals surface area contributed by atoms with Gasteiger partial charge in [0.1, 0.15) is 59.4 Å². The van der Waals surface area contributed by atoms with Gasteiger partial charge in [-0.05, 0) is 180 Å². The third-order valence-corrected chi connectivity index (χ3v) is 18.6. The number of halogens is 2. The summed E-state index contributed by atoms with van der Waals surface area (Å²) in [6.45, 7) is 8.70. The number of benzene rings is 8. The first-order chi connectivity index (χ1) is 52.0. The molecular formula is C83H82ClFN14O7. The van der Waals surface area contributed by atoms with Crippen LogP contribution in [0.15, 0.2) is 189 Å². The Kier molecular flexibility index (Phi) is 26.4. The van der Waals surface area contributed by atoms with Gasteiger partial charge in [-0.25, -0.2) is 34.7 Å². The number of likely N-dealkylation sites (N-methyl/N-ethyl adjacent to an activating group) is 2. The van der Waals surface area contributed by atoms with Crippen molar-refractivity contribution in [3.05, 3.63) is 222 Å². The number of likely N-dealkylation sites (tertiary alicyclic amines) is 3. The van der Waals surface area contributed by atoms with Crippen LogP contribution < -0.4 is 45.9 Å². The average Bonchev–Trinajstić information content (AvgIpc) is 1.78. The van der Waals surface area contributed by atoms with Gasteiger partial charge in [-0.2, -0.15) is 0 Å². The number of hydrogen-bond donors (Lipinski definition) is 5. The van der Waals surface area contributed by atoms with Crippen molar-refractivity contribution in [2.75, 3.05) is 96.4 Å². The number of carbonyl (C=O) groups is 3. The lowest BCUT2D eigenvalue weighted by Crippen LogP contribution is -2.35. The average molecular weight is 1440 g/mol. The number of nitrogen functional groups attached to an aromatic ring is 1. The fourth-order valence-electron chi connectivity index (χ4n) is 13.1. The van der Waals surface area contributed by atoms with Crippen molar-refractivity contribution < 1.29 is 39.1 Å². The number of rotatable bonds is 14. The molecule has 4 fully saturated rings. The van der Waals surface area contributed by atoms with E-state index >= 15 is 0 Å². The fraction of sp³-hybridized carbons (Fsp3) is 0.241. The highest BCUT2D eigenvalue weighted by Gasteiger charge is 2.41. The Labute approximate surface area is 622 Å². The van der Waals surface area contributed by atoms with E-state index in [0.717, 1.165) is 104 Å². The summed E-state index contributed by atoms with van der Waals surface area (Å²) >= 11 is 4.95. The van der Waals surface area contributed by atoms with Crippen LogP contribution in [0.25, 0.3) is 32.7 Å². The number of fused-ring (bicyclic) bond motifs is 5. The highest BCUT2D eigenvalue weighted by Crippen LogP contribution is 2.35. The number of ether oxygens (including phenoxy) is 4. The van der Waals surface area contributed by atoms with E-state index in [1.54, 1.807) is 75.1 Å². The molecule has 23 heteroatoms. The van der Waals surface area contributed by atoms with E-state index < -0.39 is 18.6 Å². The first-order valence-electron chi connectivity index (χ1n) is 34.7. The maximum absolute atomic E-state index is 13.1. The molecule has 8 aromatic carbocycles. The van der Waals surface area contributed by atoms with E-state index in [4.69, 9.17) is 52.2 Å². The maximum atomic E-state index is 13.1. The Morgan fingerprint density at radius 2 is 1.04 bits per heavy atom. The largest absolute Gasteiger partial charge is 0.496 e. The second-order valence-electron chi connectivity index (χ2n) is 25.2. The number of hydrogen-bond acceptors (Lipinski definition) is 20. The number of nitrogens with one attached hydrogen (secondary N) is 4. The van der Waals surface area contributed by atoms with Crippen LogP contribution in [0.1, 0.15) is 47.6 Å². The van der Waals surface area contributed by atoms with Crippen molar-refractivity contribution >= 4 is 102 Å². The van der Waals surface area contributed by atoms with Gasteiger partial charge >= 0.3 is 11.4 Å². The SMILES string of the molecule is C#Cc1cccc(Nc2ncnc3cc(C)c(CC(=O)N4C[C@H]5CCN(C)[C@H]5C4)cc23)c1.C#Cc1cccc(Nc2ncnc3cc(OC)c(CC(=O)Oc4ccccc4)cc23)c1.C#Cc1cccc(Nc2ncnc3cc(OC)c(N)cc23)c1.CN1CC[C@@H]2CNC[C@@H]21.O=C(Cl)Oc1ccccc1.[2H]CF. The van der Waals surface area contributed by atoms with Crippen LogP contribution in [0, 0.1) is 55.8 Å². The number of aryl methyl sites for hydroxylation is 1. The summed E-state index contributed by atoms with van der Waals surface area (Å²) in [5.41, 5.74) is 15.6. The van der Waals surface area contributed by atoms with E-state index in [1.165, 1.54) is 45.1 Å². The van der Waals surface area contributed by atoms with Gasteiger partial charge in [0.05, 0.1) is 57.8 Å². The number of amides is 1. The number of methoxy groups -OCH3 is 2. The zero-order valence-electron chi connectivity index (χ0n) is 60.4. The van der Waals surface area contributed by atoms with Crippen molar-refractivity contribution in [2.24, 2.45) is 11.8 Å². The van der Waals surface area contributed by atoms with Crippen molar-refractivity contribution in [2.45, 2.75) is 44.7 Å². The van der Waals surface area contributed by atoms with Gasteiger partial charge in [-0.15, -0.1) is 19.3 Å². The van der Waals surface area contributed by atoms with E-state index in [2.05, 4.69) is 104 Å². The molecule has 4 atom stereocenters. The van der Waals surface area contributed by atoms with Crippen LogP contribution in [-0.4, -0.2) is 149 Å². The minimum absolute atomic E-state index is 0.0366. The topological polar surface area (TPSA) is 249 Å². The van der Waals surface area contributed by atoms with Gasteiger partial charge in [0.15, 0.2) is 0 Å². The van der Waals surface area contributed by atoms with Gasteiger partial charge < -0.3 is 60.6 Å². The number of esters is 1. The normalized spacial score (nSPS) is 16.0. The van der Waals surface area contributed by atoms with Gasteiger partial charge in [0, 0.05) is 111 Å². The number of alkyl halides is 1. The van der Waals surface area contributed by atoms with E-state index in [0.29, 0.717) is 75.6 Å². The Balaban J connectivity index is 0.000000151. The number of terminal acetylenes is 3. The molecule has 0 unspecified atom stereocenters. The molecule has 1 amide bonds. The summed E-state index contributed by atoms with van der Waals surface area (Å²) in [6, 6.07) is 53.0. The number of carbonyl (C=O) groups excluding carboxylic acids is 3. The molecule has 6 N–H and O–H groups in total. The molecule has 106 heavy (non-hydrogen) atoms. The standard InChI is InChI=1S/C26H27N5O.C25H19N3O3.C17H14N4O.C7H5ClO2.C7H14N2.CH3F/c1-4-18-6-5-7-21(11-18)29-26-22-12-20(17(2)10-23(22)27-16-28-26)13-25(32)31-14-19-8-9-30(3)24(19)15-31;1-3-17-8-7-9-19(12-17)28-25-21-13-18(23(30-2)15-22(21)26-16-27-25)14-24(29)31-20-10-5-4-6-11-20;1-3-11-5-4-6-12(7-11)21-17-13-8-14(18)16(22-2)9-15(13)19-10-20-17;8-7(9)10-6-4-2-1-3-5-6;1-9-3-2-6-4-8-5-7(6)9;1-2/h1,5-7,10-12,16,19,24H,8-9,13-15H2,2-3H3,(H,27,28,29);1,4-13,15-16H,14H2,2H3,(H,26,27,28);1,4-10H,18H2,2H3,(H,19,20,21);1-5H;6-8H,2-5H2,1H3;1H3/t19-,24+;;;;6-,7+;/m1...1./s1/i;;;;;1D. The number of nitrogens with zero attached hydrogens (tertiary/aromatic N) is 9. The van der Waals surface area contributed by atoms with Crippen molar-refractivity contribution in [1.82, 2.24) is 49.9 Å². The van der Waals surface area contributed by atoms with E-state index in [-0.39, 0.29) is 12.3 Å². The molecule has 3 aromatic heterocycles. The van der Waals surface area contributed by atoms with Gasteiger partial charge in [-0.1, -0.05) is 72.4 Å². The van der Waals surface area contributed by atoms with Crippen LogP contribution in [0.5, 0.6) is 23.0 Å². The number of aromatic nitrogens is 6. The summed E-state index contributed by atoms with van der Waals surface area (Å²) in [7, 11) is 6.53. The molecule has 11 aromatic rings. The lowest BCUT2D eigenvalue weighted by atomic mass is 10.0. The van der Waals surface area contributed by atoms with Crippen LogP contribution in [0.2, 0.25) is 0 Å². The van der Waals surface area contributed by atoms with Gasteiger partial charge in [-0.3, -0.25) is 14.0 Å². The van der Waals surface area contributed by atoms with Gasteiger partial charge in [0.2, 0.25) is 5.91 Å². The molecule has 0 bridgehead atoms. The van der Waals surface area contributed by atoms with E-state index in [9.17, 15) is 18.8 Å². The molecule has 7 heterocycles. The predicted octanol–water partition coefficient (Wildman–Crippen LogP) is 13.7. The first kappa shape index (κ1) is 74.9. The molecule has 0 spiro atoms. The summed E-state index contributed by atoms with van der Waals surface area (Å²) < 4.78 is 36.2. The first-order valence-corrected chi connectivity index (χ1v) is 34.4. The minimum atomic E-state index is -1.00. The van der Waals surface area contributed by atoms with E-state index in [1.807, 2.05) is 121 Å². The number of para-hydroxylation sites is 2. The predicted molar refractivity (Wildman–Crippen MR) is 417 cm³/mol. The molecule has 540 valence electrons. The quantitative estimate of drug-likeness (QED) is 0.0223. The van der Waals surface area contributed by atoms with Crippen molar-refractivity contribution in [1.29, 1.82) is 0 Å². The molecule has 0 radical (unpaired) electrons. The minimum Gasteiger partial charge on any atom is -0.496 e.